The van der Waals surface area contributed by atoms with Gasteiger partial charge in [-0.25, -0.2) is 4.79 Å². The Morgan fingerprint density at radius 2 is 1.76 bits per heavy atom. The van der Waals surface area contributed by atoms with E-state index < -0.39 is 0 Å². The van der Waals surface area contributed by atoms with Gasteiger partial charge in [-0.1, -0.05) is 61.7 Å². The number of nitrogens with one attached hydrogen (secondary N) is 1. The number of hydrogen-bond donors (Lipinski definition) is 1. The molecule has 150 valence electrons. The minimum Gasteiger partial charge on any atom is -0.334 e. The summed E-state index contributed by atoms with van der Waals surface area (Å²) in [6.07, 6.45) is 9.60. The Kier molecular flexibility index (Phi) is 5.94. The van der Waals surface area contributed by atoms with Crippen LogP contribution in [0.2, 0.25) is 0 Å². The van der Waals surface area contributed by atoms with Crippen molar-refractivity contribution in [3.8, 4) is 11.1 Å². The molecule has 1 aliphatic rings. The lowest BCUT2D eigenvalue weighted by molar-refractivity contribution is 0.241. The van der Waals surface area contributed by atoms with Gasteiger partial charge in [-0.05, 0) is 36.1 Å². The van der Waals surface area contributed by atoms with Crippen molar-refractivity contribution in [3.63, 3.8) is 0 Å². The van der Waals surface area contributed by atoms with Crippen molar-refractivity contribution in [1.29, 1.82) is 0 Å². The third-order valence-corrected chi connectivity index (χ3v) is 5.63. The summed E-state index contributed by atoms with van der Waals surface area (Å²) in [4.78, 5) is 15.1. The molecule has 1 saturated carbocycles. The maximum atomic E-state index is 13.2. The molecule has 0 bridgehead atoms. The molecule has 1 aromatic heterocycles. The molecule has 2 amide bonds. The highest BCUT2D eigenvalue weighted by molar-refractivity contribution is 5.93. The van der Waals surface area contributed by atoms with Gasteiger partial charge in [-0.15, -0.1) is 0 Å². The first kappa shape index (κ1) is 19.2. The Morgan fingerprint density at radius 1 is 1.03 bits per heavy atom. The first-order valence-electron chi connectivity index (χ1n) is 10.4. The minimum absolute atomic E-state index is 0.0186. The molecule has 1 N–H and O–H groups in total. The molecule has 29 heavy (non-hydrogen) atoms. The van der Waals surface area contributed by atoms with E-state index in [-0.39, 0.29) is 12.1 Å². The molecular weight excluding hydrogens is 360 g/mol. The van der Waals surface area contributed by atoms with Crippen molar-refractivity contribution in [2.75, 3.05) is 4.90 Å². The van der Waals surface area contributed by atoms with Gasteiger partial charge in [0.1, 0.15) is 0 Å². The molecule has 1 fully saturated rings. The Morgan fingerprint density at radius 3 is 2.41 bits per heavy atom. The maximum absolute atomic E-state index is 13.2. The predicted molar refractivity (Wildman–Crippen MR) is 117 cm³/mol. The number of amides is 2. The molecule has 0 atom stereocenters. The molecule has 0 unspecified atom stereocenters. The van der Waals surface area contributed by atoms with Gasteiger partial charge in [-0.3, -0.25) is 9.58 Å². The molecule has 2 aromatic carbocycles. The van der Waals surface area contributed by atoms with E-state index >= 15 is 0 Å². The summed E-state index contributed by atoms with van der Waals surface area (Å²) in [5.74, 6) is 0. The highest BCUT2D eigenvalue weighted by atomic mass is 16.2. The number of nitrogens with zero attached hydrogens (tertiary/aromatic N) is 3. The molecule has 3 aromatic rings. The average Bonchev–Trinajstić information content (AvgIpc) is 3.21. The fourth-order valence-electron chi connectivity index (χ4n) is 4.08. The van der Waals surface area contributed by atoms with Crippen LogP contribution in [0, 0.1) is 0 Å². The van der Waals surface area contributed by atoms with Crippen LogP contribution in [0.5, 0.6) is 0 Å². The zero-order valence-corrected chi connectivity index (χ0v) is 16.9. The number of carbonyl (C=O) groups excluding carboxylic acids is 1. The molecule has 0 aliphatic heterocycles. The Labute approximate surface area is 172 Å². The van der Waals surface area contributed by atoms with E-state index in [1.54, 1.807) is 4.68 Å². The summed E-state index contributed by atoms with van der Waals surface area (Å²) in [7, 11) is 1.92. The number of hydrogen-bond acceptors (Lipinski definition) is 2. The SMILES string of the molecule is Cn1cc(-c2ccc(N(C(=O)NCc3ccccc3)C3CCCCC3)cc2)cn1. The molecular formula is C24H28N4O. The lowest BCUT2D eigenvalue weighted by Crippen LogP contribution is -2.47. The number of carbonyl (C=O) groups is 1. The van der Waals surface area contributed by atoms with Crippen LogP contribution in [0.4, 0.5) is 10.5 Å². The summed E-state index contributed by atoms with van der Waals surface area (Å²) >= 11 is 0. The van der Waals surface area contributed by atoms with Crippen LogP contribution < -0.4 is 10.2 Å². The topological polar surface area (TPSA) is 50.2 Å². The van der Waals surface area contributed by atoms with Crippen LogP contribution in [-0.2, 0) is 13.6 Å². The highest BCUT2D eigenvalue weighted by Crippen LogP contribution is 2.29. The number of urea groups is 1. The number of rotatable bonds is 5. The standard InChI is InChI=1S/C24H28N4O/c1-27-18-21(17-26-27)20-12-14-23(15-13-20)28(22-10-6-3-7-11-22)24(29)25-16-19-8-4-2-5-9-19/h2,4-5,8-9,12-15,17-18,22H,3,6-7,10-11,16H2,1H3,(H,25,29). The van der Waals surface area contributed by atoms with Crippen LogP contribution in [0.1, 0.15) is 37.7 Å². The molecule has 5 nitrogen and oxygen atoms in total. The largest absolute Gasteiger partial charge is 0.334 e. The first-order valence-corrected chi connectivity index (χ1v) is 10.4. The predicted octanol–water partition coefficient (Wildman–Crippen LogP) is 5.14. The zero-order chi connectivity index (χ0) is 20.1. The molecule has 1 heterocycles. The van der Waals surface area contributed by atoms with Crippen LogP contribution in [0.3, 0.4) is 0 Å². The molecule has 5 heteroatoms. The van der Waals surface area contributed by atoms with Crippen molar-refractivity contribution in [1.82, 2.24) is 15.1 Å². The van der Waals surface area contributed by atoms with Gasteiger partial charge < -0.3 is 5.32 Å². The second-order valence-corrected chi connectivity index (χ2v) is 7.76. The Bertz CT molecular complexity index is 927. The third-order valence-electron chi connectivity index (χ3n) is 5.63. The highest BCUT2D eigenvalue weighted by Gasteiger charge is 2.26. The molecule has 0 saturated heterocycles. The maximum Gasteiger partial charge on any atom is 0.322 e. The van der Waals surface area contributed by atoms with Crippen molar-refractivity contribution in [2.45, 2.75) is 44.7 Å². The van der Waals surface area contributed by atoms with Gasteiger partial charge in [0.05, 0.1) is 6.20 Å². The number of benzene rings is 2. The van der Waals surface area contributed by atoms with Crippen LogP contribution in [0.25, 0.3) is 11.1 Å². The van der Waals surface area contributed by atoms with Gasteiger partial charge in [0.2, 0.25) is 0 Å². The lowest BCUT2D eigenvalue weighted by Gasteiger charge is -2.34. The summed E-state index contributed by atoms with van der Waals surface area (Å²) in [5, 5.41) is 7.37. The van der Waals surface area contributed by atoms with Crippen LogP contribution in [0.15, 0.2) is 67.0 Å². The van der Waals surface area contributed by atoms with Gasteiger partial charge in [-0.2, -0.15) is 5.10 Å². The van der Waals surface area contributed by atoms with Gasteiger partial charge in [0.15, 0.2) is 0 Å². The van der Waals surface area contributed by atoms with Crippen molar-refractivity contribution in [3.05, 3.63) is 72.6 Å². The monoisotopic (exact) mass is 388 g/mol. The molecule has 0 spiro atoms. The smallest absolute Gasteiger partial charge is 0.322 e. The summed E-state index contributed by atoms with van der Waals surface area (Å²) in [6, 6.07) is 18.6. The normalized spacial score (nSPS) is 14.5. The second kappa shape index (κ2) is 8.95. The van der Waals surface area contributed by atoms with Crippen LogP contribution >= 0.6 is 0 Å². The summed E-state index contributed by atoms with van der Waals surface area (Å²) in [5.41, 5.74) is 4.25. The average molecular weight is 389 g/mol. The number of aromatic nitrogens is 2. The van der Waals surface area contributed by atoms with Crippen molar-refractivity contribution < 1.29 is 4.79 Å². The Balaban J connectivity index is 1.54. The quantitative estimate of drug-likeness (QED) is 0.658. The number of aryl methyl sites for hydroxylation is 1. The fourth-order valence-corrected chi connectivity index (χ4v) is 4.08. The van der Waals surface area contributed by atoms with E-state index in [9.17, 15) is 4.79 Å². The molecule has 0 radical (unpaired) electrons. The van der Waals surface area contributed by atoms with Crippen molar-refractivity contribution >= 4 is 11.7 Å². The van der Waals surface area contributed by atoms with Gasteiger partial charge in [0.25, 0.3) is 0 Å². The summed E-state index contributed by atoms with van der Waals surface area (Å²) in [6.45, 7) is 0.538. The van der Waals surface area contributed by atoms with Crippen molar-refractivity contribution in [2.24, 2.45) is 7.05 Å². The van der Waals surface area contributed by atoms with Gasteiger partial charge in [0, 0.05) is 37.1 Å². The van der Waals surface area contributed by atoms with E-state index in [0.29, 0.717) is 6.54 Å². The fraction of sp³-hybridized carbons (Fsp3) is 0.333. The van der Waals surface area contributed by atoms with E-state index in [1.165, 1.54) is 19.3 Å². The third kappa shape index (κ3) is 4.67. The van der Waals surface area contributed by atoms with E-state index in [0.717, 1.165) is 35.2 Å². The second-order valence-electron chi connectivity index (χ2n) is 7.76. The van der Waals surface area contributed by atoms with E-state index in [4.69, 9.17) is 0 Å². The minimum atomic E-state index is -0.0186. The van der Waals surface area contributed by atoms with E-state index in [1.807, 2.05) is 54.7 Å². The summed E-state index contributed by atoms with van der Waals surface area (Å²) < 4.78 is 1.80. The molecule has 4 rings (SSSR count). The molecule has 1 aliphatic carbocycles. The number of anilines is 1. The zero-order valence-electron chi connectivity index (χ0n) is 16.9. The Hall–Kier alpha value is -3.08. The lowest BCUT2D eigenvalue weighted by atomic mass is 9.94. The van der Waals surface area contributed by atoms with Gasteiger partial charge >= 0.3 is 6.03 Å². The van der Waals surface area contributed by atoms with Crippen LogP contribution in [-0.4, -0.2) is 21.9 Å². The van der Waals surface area contributed by atoms with E-state index in [2.05, 4.69) is 34.7 Å². The first-order chi connectivity index (χ1) is 14.2.